The summed E-state index contributed by atoms with van der Waals surface area (Å²) in [7, 11) is 0. The van der Waals surface area contributed by atoms with Gasteiger partial charge in [0.2, 0.25) is 5.91 Å². The Bertz CT molecular complexity index is 361. The van der Waals surface area contributed by atoms with Crippen LogP contribution in [0, 0.1) is 11.3 Å². The molecule has 2 rings (SSSR count). The Morgan fingerprint density at radius 2 is 1.60 bits per heavy atom. The van der Waals surface area contributed by atoms with E-state index in [1.807, 2.05) is 0 Å². The lowest BCUT2D eigenvalue weighted by Crippen LogP contribution is -2.48. The summed E-state index contributed by atoms with van der Waals surface area (Å²) in [4.78, 5) is 23.9. The first-order valence-corrected chi connectivity index (χ1v) is 8.08. The Balaban J connectivity index is 1.94. The fourth-order valence-corrected chi connectivity index (χ4v) is 3.66. The summed E-state index contributed by atoms with van der Waals surface area (Å²) in [6.45, 7) is 1.77. The van der Waals surface area contributed by atoms with E-state index in [4.69, 9.17) is 0 Å². The maximum absolute atomic E-state index is 12.4. The highest BCUT2D eigenvalue weighted by Crippen LogP contribution is 2.38. The minimum Gasteiger partial charge on any atom is -0.481 e. The van der Waals surface area contributed by atoms with Crippen molar-refractivity contribution in [2.75, 3.05) is 0 Å². The number of hydrogen-bond acceptors (Lipinski definition) is 2. The molecule has 0 aliphatic heterocycles. The molecule has 0 heterocycles. The summed E-state index contributed by atoms with van der Waals surface area (Å²) < 4.78 is 0. The molecule has 2 fully saturated rings. The Labute approximate surface area is 121 Å². The van der Waals surface area contributed by atoms with Crippen LogP contribution in [0.3, 0.4) is 0 Å². The van der Waals surface area contributed by atoms with E-state index in [0.717, 1.165) is 38.5 Å². The Morgan fingerprint density at radius 1 is 1.00 bits per heavy atom. The molecule has 2 aliphatic carbocycles. The smallest absolute Gasteiger partial charge is 0.311 e. The summed E-state index contributed by atoms with van der Waals surface area (Å²) in [6.07, 6.45) is 10.2. The van der Waals surface area contributed by atoms with Crippen molar-refractivity contribution in [3.05, 3.63) is 0 Å². The van der Waals surface area contributed by atoms with Crippen LogP contribution in [0.4, 0.5) is 0 Å². The van der Waals surface area contributed by atoms with Crippen molar-refractivity contribution in [3.8, 4) is 0 Å². The molecule has 2 atom stereocenters. The SMILES string of the molecule is CC1(C(=O)O)CCCC1NC(=O)C1CCCCCCC1. The van der Waals surface area contributed by atoms with Crippen molar-refractivity contribution in [2.24, 2.45) is 11.3 Å². The van der Waals surface area contributed by atoms with Gasteiger partial charge in [-0.05, 0) is 32.6 Å². The van der Waals surface area contributed by atoms with Gasteiger partial charge in [-0.3, -0.25) is 9.59 Å². The number of hydrogen-bond donors (Lipinski definition) is 2. The third-order valence-electron chi connectivity index (χ3n) is 5.24. The fraction of sp³-hybridized carbons (Fsp3) is 0.875. The topological polar surface area (TPSA) is 66.4 Å². The predicted molar refractivity (Wildman–Crippen MR) is 77.3 cm³/mol. The van der Waals surface area contributed by atoms with E-state index in [9.17, 15) is 14.7 Å². The molecule has 20 heavy (non-hydrogen) atoms. The Hall–Kier alpha value is -1.06. The molecule has 0 aromatic heterocycles. The predicted octanol–water partition coefficient (Wildman–Crippen LogP) is 3.11. The maximum Gasteiger partial charge on any atom is 0.311 e. The summed E-state index contributed by atoms with van der Waals surface area (Å²) in [5.41, 5.74) is -0.780. The molecule has 4 heteroatoms. The molecular formula is C16H27NO3. The van der Waals surface area contributed by atoms with E-state index in [1.54, 1.807) is 6.92 Å². The van der Waals surface area contributed by atoms with Gasteiger partial charge in [0.15, 0.2) is 0 Å². The Kier molecular flexibility index (Phi) is 5.06. The van der Waals surface area contributed by atoms with E-state index < -0.39 is 11.4 Å². The van der Waals surface area contributed by atoms with E-state index in [1.165, 1.54) is 19.3 Å². The van der Waals surface area contributed by atoms with Gasteiger partial charge in [-0.2, -0.15) is 0 Å². The zero-order valence-corrected chi connectivity index (χ0v) is 12.5. The van der Waals surface area contributed by atoms with Gasteiger partial charge < -0.3 is 10.4 Å². The highest BCUT2D eigenvalue weighted by atomic mass is 16.4. The minimum atomic E-state index is -0.780. The quantitative estimate of drug-likeness (QED) is 0.835. The standard InChI is InChI=1S/C16H27NO3/c1-16(15(19)20)11-7-10-13(16)17-14(18)12-8-5-3-2-4-6-9-12/h12-13H,2-11H2,1H3,(H,17,18)(H,19,20). The lowest BCUT2D eigenvalue weighted by Gasteiger charge is -2.29. The average molecular weight is 281 g/mol. The van der Waals surface area contributed by atoms with Gasteiger partial charge >= 0.3 is 5.97 Å². The second-order valence-corrected chi connectivity index (χ2v) is 6.72. The first-order valence-electron chi connectivity index (χ1n) is 8.08. The molecular weight excluding hydrogens is 254 g/mol. The second kappa shape index (κ2) is 6.59. The molecule has 2 saturated carbocycles. The lowest BCUT2D eigenvalue weighted by molar-refractivity contribution is -0.149. The molecule has 114 valence electrons. The molecule has 0 saturated heterocycles. The van der Waals surface area contributed by atoms with Crippen LogP contribution in [-0.2, 0) is 9.59 Å². The Morgan fingerprint density at radius 3 is 2.20 bits per heavy atom. The number of amides is 1. The molecule has 2 N–H and O–H groups in total. The maximum atomic E-state index is 12.4. The van der Waals surface area contributed by atoms with Crippen molar-refractivity contribution in [2.45, 2.75) is 77.2 Å². The number of nitrogens with one attached hydrogen (secondary N) is 1. The first kappa shape index (κ1) is 15.3. The van der Waals surface area contributed by atoms with Crippen molar-refractivity contribution < 1.29 is 14.7 Å². The van der Waals surface area contributed by atoms with Gasteiger partial charge in [0.1, 0.15) is 0 Å². The monoisotopic (exact) mass is 281 g/mol. The van der Waals surface area contributed by atoms with Crippen LogP contribution >= 0.6 is 0 Å². The molecule has 4 nitrogen and oxygen atoms in total. The highest BCUT2D eigenvalue weighted by molar-refractivity contribution is 5.81. The molecule has 0 bridgehead atoms. The van der Waals surface area contributed by atoms with Crippen LogP contribution in [-0.4, -0.2) is 23.0 Å². The average Bonchev–Trinajstić information content (AvgIpc) is 2.71. The van der Waals surface area contributed by atoms with E-state index in [2.05, 4.69) is 5.32 Å². The zero-order chi connectivity index (χ0) is 14.6. The first-order chi connectivity index (χ1) is 9.54. The zero-order valence-electron chi connectivity index (χ0n) is 12.5. The van der Waals surface area contributed by atoms with Crippen molar-refractivity contribution in [3.63, 3.8) is 0 Å². The molecule has 1 amide bonds. The number of aliphatic carboxylic acids is 1. The summed E-state index contributed by atoms with van der Waals surface area (Å²) in [6, 6.07) is -0.196. The van der Waals surface area contributed by atoms with Gasteiger partial charge in [-0.1, -0.05) is 38.5 Å². The molecule has 2 aliphatic rings. The van der Waals surface area contributed by atoms with Gasteiger partial charge in [-0.15, -0.1) is 0 Å². The van der Waals surface area contributed by atoms with Crippen LogP contribution in [0.1, 0.15) is 71.1 Å². The molecule has 2 unspecified atom stereocenters. The van der Waals surface area contributed by atoms with E-state index in [-0.39, 0.29) is 17.9 Å². The molecule has 0 spiro atoms. The summed E-state index contributed by atoms with van der Waals surface area (Å²) in [5, 5.41) is 12.4. The second-order valence-electron chi connectivity index (χ2n) is 6.72. The van der Waals surface area contributed by atoms with E-state index >= 15 is 0 Å². The van der Waals surface area contributed by atoms with Crippen LogP contribution < -0.4 is 5.32 Å². The van der Waals surface area contributed by atoms with Crippen LogP contribution in [0.5, 0.6) is 0 Å². The van der Waals surface area contributed by atoms with Crippen molar-refractivity contribution in [1.29, 1.82) is 0 Å². The summed E-state index contributed by atoms with van der Waals surface area (Å²) in [5.74, 6) is -0.599. The fourth-order valence-electron chi connectivity index (χ4n) is 3.66. The highest BCUT2D eigenvalue weighted by Gasteiger charge is 2.46. The van der Waals surface area contributed by atoms with Crippen LogP contribution in [0.25, 0.3) is 0 Å². The third-order valence-corrected chi connectivity index (χ3v) is 5.24. The molecule has 0 aromatic rings. The van der Waals surface area contributed by atoms with Crippen LogP contribution in [0.2, 0.25) is 0 Å². The number of carbonyl (C=O) groups is 2. The minimum absolute atomic E-state index is 0.0891. The van der Waals surface area contributed by atoms with Gasteiger partial charge in [0, 0.05) is 12.0 Å². The summed E-state index contributed by atoms with van der Waals surface area (Å²) >= 11 is 0. The number of rotatable bonds is 3. The molecule has 0 aromatic carbocycles. The third kappa shape index (κ3) is 3.33. The van der Waals surface area contributed by atoms with Gasteiger partial charge in [0.05, 0.1) is 5.41 Å². The largest absolute Gasteiger partial charge is 0.481 e. The van der Waals surface area contributed by atoms with Crippen molar-refractivity contribution >= 4 is 11.9 Å². The molecule has 0 radical (unpaired) electrons. The van der Waals surface area contributed by atoms with Gasteiger partial charge in [-0.25, -0.2) is 0 Å². The van der Waals surface area contributed by atoms with Crippen LogP contribution in [0.15, 0.2) is 0 Å². The number of carboxylic acid groups (broad SMARTS) is 1. The number of carbonyl (C=O) groups excluding carboxylic acids is 1. The number of carboxylic acids is 1. The van der Waals surface area contributed by atoms with E-state index in [0.29, 0.717) is 6.42 Å². The normalized spacial score (nSPS) is 32.4. The van der Waals surface area contributed by atoms with Gasteiger partial charge in [0.25, 0.3) is 0 Å². The lowest BCUT2D eigenvalue weighted by atomic mass is 9.84. The van der Waals surface area contributed by atoms with Crippen molar-refractivity contribution in [1.82, 2.24) is 5.32 Å².